The third kappa shape index (κ3) is 2.96. The van der Waals surface area contributed by atoms with Crippen LogP contribution >= 0.6 is 0 Å². The van der Waals surface area contributed by atoms with Gasteiger partial charge in [-0.3, -0.25) is 10.1 Å². The maximum absolute atomic E-state index is 12.7. The first-order valence-corrected chi connectivity index (χ1v) is 8.02. The van der Waals surface area contributed by atoms with Gasteiger partial charge in [0, 0.05) is 6.04 Å². The van der Waals surface area contributed by atoms with Crippen molar-refractivity contribution in [3.05, 3.63) is 0 Å². The Balaban J connectivity index is 2.09. The van der Waals surface area contributed by atoms with E-state index >= 15 is 0 Å². The van der Waals surface area contributed by atoms with Gasteiger partial charge in [0.15, 0.2) is 0 Å². The third-order valence-electron chi connectivity index (χ3n) is 4.88. The molecule has 1 N–H and O–H groups in total. The molecule has 0 radical (unpaired) electrons. The van der Waals surface area contributed by atoms with Crippen LogP contribution in [0.3, 0.4) is 0 Å². The third-order valence-corrected chi connectivity index (χ3v) is 4.88. The first-order valence-electron chi connectivity index (χ1n) is 8.02. The van der Waals surface area contributed by atoms with E-state index in [4.69, 9.17) is 0 Å². The van der Waals surface area contributed by atoms with Crippen LogP contribution in [-0.2, 0) is 4.79 Å². The Labute approximate surface area is 118 Å². The molecule has 2 rings (SSSR count). The van der Waals surface area contributed by atoms with Gasteiger partial charge in [0.05, 0.1) is 12.2 Å². The Morgan fingerprint density at radius 3 is 2.42 bits per heavy atom. The maximum atomic E-state index is 12.7. The topological polar surface area (TPSA) is 32.3 Å². The molecule has 1 heterocycles. The monoisotopic (exact) mass is 266 g/mol. The summed E-state index contributed by atoms with van der Waals surface area (Å²) in [4.78, 5) is 14.9. The Hall–Kier alpha value is -0.570. The highest BCUT2D eigenvalue weighted by Gasteiger charge is 2.46. The van der Waals surface area contributed by atoms with E-state index in [1.807, 2.05) is 0 Å². The largest absolute Gasteiger partial charge is 0.323 e. The first kappa shape index (κ1) is 14.8. The standard InChI is InChI=1S/C16H30N2O/c1-6-12(5)15-16(19)18(13-8-11(4)9-13)14(17-15)7-10(2)3/h10-15,17H,6-9H2,1-5H3. The minimum absolute atomic E-state index is 0.0460. The Morgan fingerprint density at radius 2 is 1.95 bits per heavy atom. The van der Waals surface area contributed by atoms with Gasteiger partial charge in [-0.05, 0) is 37.0 Å². The molecule has 0 spiro atoms. The second-order valence-corrected chi connectivity index (χ2v) is 7.15. The van der Waals surface area contributed by atoms with E-state index in [1.54, 1.807) is 0 Å². The minimum atomic E-state index is 0.0460. The Bertz CT molecular complexity index is 323. The molecular formula is C16H30N2O. The quantitative estimate of drug-likeness (QED) is 0.829. The number of carbonyl (C=O) groups is 1. The molecule has 19 heavy (non-hydrogen) atoms. The molecule has 3 atom stereocenters. The number of nitrogens with one attached hydrogen (secondary N) is 1. The van der Waals surface area contributed by atoms with Gasteiger partial charge in [0.1, 0.15) is 0 Å². The van der Waals surface area contributed by atoms with Crippen LogP contribution in [0.25, 0.3) is 0 Å². The van der Waals surface area contributed by atoms with Crippen molar-refractivity contribution >= 4 is 5.91 Å². The van der Waals surface area contributed by atoms with Crippen molar-refractivity contribution < 1.29 is 4.79 Å². The van der Waals surface area contributed by atoms with E-state index in [-0.39, 0.29) is 12.2 Å². The van der Waals surface area contributed by atoms with Gasteiger partial charge in [0.25, 0.3) is 0 Å². The zero-order valence-corrected chi connectivity index (χ0v) is 13.1. The lowest BCUT2D eigenvalue weighted by atomic mass is 9.80. The summed E-state index contributed by atoms with van der Waals surface area (Å²) in [5.74, 6) is 2.21. The van der Waals surface area contributed by atoms with Crippen LogP contribution in [0, 0.1) is 17.8 Å². The maximum Gasteiger partial charge on any atom is 0.241 e. The van der Waals surface area contributed by atoms with Gasteiger partial charge in [0.2, 0.25) is 5.91 Å². The summed E-state index contributed by atoms with van der Waals surface area (Å²) in [6.45, 7) is 11.1. The number of rotatable bonds is 5. The molecule has 1 aliphatic heterocycles. The highest BCUT2D eigenvalue weighted by atomic mass is 16.2. The summed E-state index contributed by atoms with van der Waals surface area (Å²) < 4.78 is 0. The summed E-state index contributed by atoms with van der Waals surface area (Å²) in [7, 11) is 0. The lowest BCUT2D eigenvalue weighted by molar-refractivity contribution is -0.136. The predicted molar refractivity (Wildman–Crippen MR) is 78.7 cm³/mol. The van der Waals surface area contributed by atoms with E-state index < -0.39 is 0 Å². The van der Waals surface area contributed by atoms with Gasteiger partial charge >= 0.3 is 0 Å². The van der Waals surface area contributed by atoms with Gasteiger partial charge in [-0.25, -0.2) is 0 Å². The molecule has 3 nitrogen and oxygen atoms in total. The molecule has 0 aromatic carbocycles. The average Bonchev–Trinajstić information content (AvgIpc) is 2.60. The fourth-order valence-corrected chi connectivity index (χ4v) is 3.47. The van der Waals surface area contributed by atoms with Gasteiger partial charge in [-0.15, -0.1) is 0 Å². The van der Waals surface area contributed by atoms with Gasteiger partial charge in [-0.2, -0.15) is 0 Å². The van der Waals surface area contributed by atoms with Crippen molar-refractivity contribution in [1.82, 2.24) is 10.2 Å². The fraction of sp³-hybridized carbons (Fsp3) is 0.938. The van der Waals surface area contributed by atoms with E-state index in [9.17, 15) is 4.79 Å². The van der Waals surface area contributed by atoms with Crippen molar-refractivity contribution in [2.45, 2.75) is 78.6 Å². The van der Waals surface area contributed by atoms with E-state index in [0.717, 1.165) is 18.8 Å². The van der Waals surface area contributed by atoms with E-state index in [1.165, 1.54) is 12.8 Å². The molecule has 1 amide bonds. The summed E-state index contributed by atoms with van der Waals surface area (Å²) in [5, 5.41) is 3.61. The van der Waals surface area contributed by atoms with Crippen LogP contribution in [0.1, 0.15) is 60.3 Å². The Morgan fingerprint density at radius 1 is 1.32 bits per heavy atom. The molecule has 2 fully saturated rings. The average molecular weight is 266 g/mol. The summed E-state index contributed by atoms with van der Waals surface area (Å²) in [5.41, 5.74) is 0. The second-order valence-electron chi connectivity index (χ2n) is 7.15. The van der Waals surface area contributed by atoms with Crippen molar-refractivity contribution in [2.75, 3.05) is 0 Å². The minimum Gasteiger partial charge on any atom is -0.323 e. The highest BCUT2D eigenvalue weighted by Crippen LogP contribution is 2.36. The molecule has 3 heteroatoms. The van der Waals surface area contributed by atoms with Gasteiger partial charge < -0.3 is 4.90 Å². The molecular weight excluding hydrogens is 236 g/mol. The molecule has 2 aliphatic rings. The molecule has 1 aliphatic carbocycles. The molecule has 1 saturated heterocycles. The lowest BCUT2D eigenvalue weighted by Gasteiger charge is -2.42. The fourth-order valence-electron chi connectivity index (χ4n) is 3.47. The second kappa shape index (κ2) is 5.82. The first-order chi connectivity index (χ1) is 8.93. The summed E-state index contributed by atoms with van der Waals surface area (Å²) in [6, 6.07) is 0.539. The van der Waals surface area contributed by atoms with Crippen LogP contribution in [0.15, 0.2) is 0 Å². The van der Waals surface area contributed by atoms with Crippen LogP contribution in [0.5, 0.6) is 0 Å². The zero-order chi connectivity index (χ0) is 14.2. The van der Waals surface area contributed by atoms with Crippen molar-refractivity contribution in [3.63, 3.8) is 0 Å². The van der Waals surface area contributed by atoms with Crippen LogP contribution in [-0.4, -0.2) is 29.1 Å². The number of amides is 1. The number of carbonyl (C=O) groups excluding carboxylic acids is 1. The smallest absolute Gasteiger partial charge is 0.241 e. The molecule has 0 bridgehead atoms. The molecule has 0 aromatic heterocycles. The van der Waals surface area contributed by atoms with Gasteiger partial charge in [-0.1, -0.05) is 41.0 Å². The van der Waals surface area contributed by atoms with E-state index in [0.29, 0.717) is 23.8 Å². The van der Waals surface area contributed by atoms with Crippen LogP contribution in [0.2, 0.25) is 0 Å². The van der Waals surface area contributed by atoms with Crippen molar-refractivity contribution in [3.8, 4) is 0 Å². The zero-order valence-electron chi connectivity index (χ0n) is 13.1. The normalized spacial score (nSPS) is 36.7. The molecule has 0 aromatic rings. The van der Waals surface area contributed by atoms with Crippen LogP contribution in [0.4, 0.5) is 0 Å². The summed E-state index contributed by atoms with van der Waals surface area (Å²) >= 11 is 0. The number of nitrogens with zero attached hydrogens (tertiary/aromatic N) is 1. The highest BCUT2D eigenvalue weighted by molar-refractivity contribution is 5.85. The molecule has 110 valence electrons. The molecule has 1 saturated carbocycles. The van der Waals surface area contributed by atoms with Crippen LogP contribution < -0.4 is 5.32 Å². The van der Waals surface area contributed by atoms with Crippen molar-refractivity contribution in [1.29, 1.82) is 0 Å². The number of hydrogen-bond acceptors (Lipinski definition) is 2. The van der Waals surface area contributed by atoms with E-state index in [2.05, 4.69) is 44.8 Å². The lowest BCUT2D eigenvalue weighted by Crippen LogP contribution is -2.50. The Kier molecular flexibility index (Phi) is 4.54. The SMILES string of the molecule is CCC(C)C1NC(CC(C)C)N(C2CC(C)C2)C1=O. The number of hydrogen-bond donors (Lipinski definition) is 1. The van der Waals surface area contributed by atoms with Crippen molar-refractivity contribution in [2.24, 2.45) is 17.8 Å². The molecule has 3 unspecified atom stereocenters. The predicted octanol–water partition coefficient (Wildman–Crippen LogP) is 3.00. The summed E-state index contributed by atoms with van der Waals surface area (Å²) in [6.07, 6.45) is 4.78.